The molecular formula is C20H15F2N5O2. The zero-order valence-electron chi connectivity index (χ0n) is 15.3. The van der Waals surface area contributed by atoms with Crippen molar-refractivity contribution >= 4 is 17.6 Å². The second-order valence-electron chi connectivity index (χ2n) is 6.52. The molecule has 1 aliphatic rings. The van der Waals surface area contributed by atoms with E-state index >= 15 is 0 Å². The first-order valence-corrected chi connectivity index (χ1v) is 8.59. The van der Waals surface area contributed by atoms with Gasteiger partial charge in [-0.15, -0.1) is 0 Å². The van der Waals surface area contributed by atoms with Crippen molar-refractivity contribution in [3.05, 3.63) is 64.2 Å². The Morgan fingerprint density at radius 2 is 2.03 bits per heavy atom. The van der Waals surface area contributed by atoms with Crippen LogP contribution in [0.25, 0.3) is 0 Å². The molecule has 0 bridgehead atoms. The third-order valence-electron chi connectivity index (χ3n) is 4.49. The molecule has 9 heteroatoms. The molecule has 7 nitrogen and oxygen atoms in total. The van der Waals surface area contributed by atoms with Gasteiger partial charge in [0.2, 0.25) is 5.91 Å². The van der Waals surface area contributed by atoms with Gasteiger partial charge in [-0.3, -0.25) is 4.79 Å². The highest BCUT2D eigenvalue weighted by molar-refractivity contribution is 5.96. The number of amides is 3. The fourth-order valence-corrected chi connectivity index (χ4v) is 3.10. The molecule has 0 unspecified atom stereocenters. The first kappa shape index (κ1) is 19.8. The van der Waals surface area contributed by atoms with Gasteiger partial charge in [0.05, 0.1) is 35.5 Å². The molecule has 0 aromatic heterocycles. The Morgan fingerprint density at radius 3 is 2.69 bits per heavy atom. The predicted molar refractivity (Wildman–Crippen MR) is 98.2 cm³/mol. The van der Waals surface area contributed by atoms with Gasteiger partial charge in [-0.1, -0.05) is 6.07 Å². The average Bonchev–Trinajstić information content (AvgIpc) is 2.67. The molecule has 3 rings (SSSR count). The van der Waals surface area contributed by atoms with E-state index in [2.05, 4.69) is 10.6 Å². The van der Waals surface area contributed by atoms with E-state index in [0.717, 1.165) is 17.0 Å². The predicted octanol–water partition coefficient (Wildman–Crippen LogP) is 2.93. The summed E-state index contributed by atoms with van der Waals surface area (Å²) < 4.78 is 27.8. The number of anilines is 1. The lowest BCUT2D eigenvalue weighted by atomic mass is 10.0. The van der Waals surface area contributed by atoms with Crippen molar-refractivity contribution in [2.75, 3.05) is 11.9 Å². The number of rotatable bonds is 4. The van der Waals surface area contributed by atoms with Crippen LogP contribution < -0.4 is 10.6 Å². The van der Waals surface area contributed by atoms with E-state index in [9.17, 15) is 18.4 Å². The minimum atomic E-state index is -0.696. The SMILES string of the molecule is C[C@H](NC(=O)CN1Cc2cc(F)cc(C#N)c2NC1=O)c1ccc(C#N)cc1F. The normalized spacial score (nSPS) is 13.6. The summed E-state index contributed by atoms with van der Waals surface area (Å²) in [4.78, 5) is 25.8. The molecule has 1 heterocycles. The third kappa shape index (κ3) is 4.14. The molecule has 146 valence electrons. The highest BCUT2D eigenvalue weighted by Crippen LogP contribution is 2.28. The molecule has 3 amide bonds. The molecular weight excluding hydrogens is 380 g/mol. The van der Waals surface area contributed by atoms with Crippen molar-refractivity contribution < 1.29 is 18.4 Å². The number of carbonyl (C=O) groups is 2. The number of nitrogens with zero attached hydrogens (tertiary/aromatic N) is 3. The zero-order chi connectivity index (χ0) is 21.1. The molecule has 29 heavy (non-hydrogen) atoms. The van der Waals surface area contributed by atoms with Gasteiger partial charge >= 0.3 is 6.03 Å². The van der Waals surface area contributed by atoms with Gasteiger partial charge < -0.3 is 15.5 Å². The smallest absolute Gasteiger partial charge is 0.322 e. The van der Waals surface area contributed by atoms with Crippen molar-refractivity contribution in [3.63, 3.8) is 0 Å². The fourth-order valence-electron chi connectivity index (χ4n) is 3.10. The Morgan fingerprint density at radius 1 is 1.28 bits per heavy atom. The van der Waals surface area contributed by atoms with E-state index in [-0.39, 0.29) is 35.5 Å². The summed E-state index contributed by atoms with van der Waals surface area (Å²) in [6.07, 6.45) is 0. The van der Waals surface area contributed by atoms with Crippen molar-refractivity contribution in [1.82, 2.24) is 10.2 Å². The summed E-state index contributed by atoms with van der Waals surface area (Å²) in [6, 6.07) is 8.49. The van der Waals surface area contributed by atoms with Crippen LogP contribution in [-0.2, 0) is 11.3 Å². The summed E-state index contributed by atoms with van der Waals surface area (Å²) >= 11 is 0. The highest BCUT2D eigenvalue weighted by Gasteiger charge is 2.27. The third-order valence-corrected chi connectivity index (χ3v) is 4.49. The summed E-state index contributed by atoms with van der Waals surface area (Å²) in [7, 11) is 0. The van der Waals surface area contributed by atoms with Crippen molar-refractivity contribution in [1.29, 1.82) is 10.5 Å². The maximum absolute atomic E-state index is 14.1. The van der Waals surface area contributed by atoms with Crippen molar-refractivity contribution in [3.8, 4) is 12.1 Å². The highest BCUT2D eigenvalue weighted by atomic mass is 19.1. The lowest BCUT2D eigenvalue weighted by Gasteiger charge is -2.29. The Kier molecular flexibility index (Phi) is 5.42. The molecule has 2 aromatic rings. The second-order valence-corrected chi connectivity index (χ2v) is 6.52. The van der Waals surface area contributed by atoms with Crippen LogP contribution in [0.2, 0.25) is 0 Å². The van der Waals surface area contributed by atoms with Crippen LogP contribution in [0.15, 0.2) is 30.3 Å². The van der Waals surface area contributed by atoms with Gasteiger partial charge in [0.15, 0.2) is 0 Å². The minimum absolute atomic E-state index is 0.00219. The van der Waals surface area contributed by atoms with Gasteiger partial charge in [-0.25, -0.2) is 13.6 Å². The molecule has 2 aromatic carbocycles. The topological polar surface area (TPSA) is 109 Å². The minimum Gasteiger partial charge on any atom is -0.348 e. The maximum Gasteiger partial charge on any atom is 0.322 e. The summed E-state index contributed by atoms with van der Waals surface area (Å²) in [5.41, 5.74) is 0.968. The Bertz CT molecular complexity index is 1090. The van der Waals surface area contributed by atoms with Gasteiger partial charge in [0, 0.05) is 5.56 Å². The average molecular weight is 395 g/mol. The first-order chi connectivity index (χ1) is 13.8. The Balaban J connectivity index is 1.70. The number of carbonyl (C=O) groups excluding carboxylic acids is 2. The molecule has 0 saturated heterocycles. The van der Waals surface area contributed by atoms with Gasteiger partial charge in [-0.05, 0) is 36.8 Å². The molecule has 2 N–H and O–H groups in total. The number of nitrogens with one attached hydrogen (secondary N) is 2. The van der Waals surface area contributed by atoms with Crippen molar-refractivity contribution in [2.24, 2.45) is 0 Å². The number of fused-ring (bicyclic) bond motifs is 1. The lowest BCUT2D eigenvalue weighted by Crippen LogP contribution is -2.45. The monoisotopic (exact) mass is 395 g/mol. The molecule has 0 radical (unpaired) electrons. The van der Waals surface area contributed by atoms with E-state index in [1.165, 1.54) is 18.2 Å². The number of benzene rings is 2. The van der Waals surface area contributed by atoms with Crippen LogP contribution in [-0.4, -0.2) is 23.4 Å². The number of nitriles is 2. The molecule has 1 aliphatic heterocycles. The molecule has 0 aliphatic carbocycles. The standard InChI is InChI=1S/C20H15F2N5O2/c1-11(16-3-2-12(7-23)4-17(16)22)25-18(28)10-27-9-14-6-15(21)5-13(8-24)19(14)26-20(27)29/h2-6,11H,9-10H2,1H3,(H,25,28)(H,26,29)/t11-/m0/s1. The number of hydrogen-bond donors (Lipinski definition) is 2. The van der Waals surface area contributed by atoms with E-state index < -0.39 is 29.6 Å². The maximum atomic E-state index is 14.1. The van der Waals surface area contributed by atoms with Crippen LogP contribution >= 0.6 is 0 Å². The lowest BCUT2D eigenvalue weighted by molar-refractivity contribution is -0.122. The van der Waals surface area contributed by atoms with E-state index in [4.69, 9.17) is 10.5 Å². The largest absolute Gasteiger partial charge is 0.348 e. The quantitative estimate of drug-likeness (QED) is 0.829. The van der Waals surface area contributed by atoms with E-state index in [0.29, 0.717) is 5.56 Å². The van der Waals surface area contributed by atoms with Crippen molar-refractivity contribution in [2.45, 2.75) is 19.5 Å². The van der Waals surface area contributed by atoms with E-state index in [1.807, 2.05) is 12.1 Å². The van der Waals surface area contributed by atoms with E-state index in [1.54, 1.807) is 6.92 Å². The van der Waals surface area contributed by atoms with Gasteiger partial charge in [-0.2, -0.15) is 10.5 Å². The fraction of sp³-hybridized carbons (Fsp3) is 0.200. The van der Waals surface area contributed by atoms with Crippen LogP contribution in [0.3, 0.4) is 0 Å². The molecule has 0 spiro atoms. The first-order valence-electron chi connectivity index (χ1n) is 8.59. The van der Waals surface area contributed by atoms with Crippen LogP contribution in [0.4, 0.5) is 19.3 Å². The molecule has 0 saturated carbocycles. The number of hydrogen-bond acceptors (Lipinski definition) is 4. The Labute approximate surface area is 165 Å². The molecule has 1 atom stereocenters. The van der Waals surface area contributed by atoms with Crippen LogP contribution in [0.1, 0.15) is 35.2 Å². The van der Waals surface area contributed by atoms with Crippen LogP contribution in [0, 0.1) is 34.3 Å². The van der Waals surface area contributed by atoms with Crippen LogP contribution in [0.5, 0.6) is 0 Å². The summed E-state index contributed by atoms with van der Waals surface area (Å²) in [6.45, 7) is 1.18. The van der Waals surface area contributed by atoms with Gasteiger partial charge in [0.25, 0.3) is 0 Å². The number of halogens is 2. The number of urea groups is 1. The Hall–Kier alpha value is -3.98. The second kappa shape index (κ2) is 7.95. The molecule has 0 fully saturated rings. The zero-order valence-corrected chi connectivity index (χ0v) is 15.3. The van der Waals surface area contributed by atoms with Gasteiger partial charge in [0.1, 0.15) is 24.2 Å². The summed E-state index contributed by atoms with van der Waals surface area (Å²) in [5, 5.41) is 23.0. The summed E-state index contributed by atoms with van der Waals surface area (Å²) in [5.74, 6) is -1.79.